The molecule has 0 bridgehead atoms. The largest absolute Gasteiger partial charge is 0.351 e. The summed E-state index contributed by atoms with van der Waals surface area (Å²) in [5, 5.41) is 13.6. The van der Waals surface area contributed by atoms with E-state index in [-0.39, 0.29) is 24.1 Å². The topological polar surface area (TPSA) is 78.1 Å². The van der Waals surface area contributed by atoms with Crippen LogP contribution in [0.4, 0.5) is 4.39 Å². The lowest BCUT2D eigenvalue weighted by molar-refractivity contribution is -0.129. The van der Waals surface area contributed by atoms with E-state index in [1.54, 1.807) is 29.5 Å². The molecule has 2 N–H and O–H groups in total. The molecule has 1 aromatic carbocycles. The number of hydrogen-bond donors (Lipinski definition) is 2. The Morgan fingerprint density at radius 3 is 2.90 bits per heavy atom. The van der Waals surface area contributed by atoms with E-state index in [1.807, 2.05) is 17.5 Å². The maximum absolute atomic E-state index is 13.3. The zero-order chi connectivity index (χ0) is 20.6. The minimum Gasteiger partial charge on any atom is -0.351 e. The standard InChI is InChI=1S/C21H23FN4O2S/c1-26(20(27)7-9-23-21(28)16-8-11-29-14-16)10-3-6-18-13-19(25-24-18)15-4-2-5-17(22)12-15/h2,4-5,8,11-14H,3,6-7,9-10H2,1H3,(H,23,28)(H,24,25). The highest BCUT2D eigenvalue weighted by atomic mass is 32.1. The van der Waals surface area contributed by atoms with E-state index in [9.17, 15) is 14.0 Å². The average Bonchev–Trinajstić information content (AvgIpc) is 3.40. The molecule has 0 radical (unpaired) electrons. The van der Waals surface area contributed by atoms with Gasteiger partial charge in [-0.15, -0.1) is 0 Å². The summed E-state index contributed by atoms with van der Waals surface area (Å²) >= 11 is 1.46. The Labute approximate surface area is 172 Å². The molecule has 2 heterocycles. The fraction of sp³-hybridized carbons (Fsp3) is 0.286. The highest BCUT2D eigenvalue weighted by Crippen LogP contribution is 2.19. The van der Waals surface area contributed by atoms with Gasteiger partial charge in [0.2, 0.25) is 5.91 Å². The van der Waals surface area contributed by atoms with Gasteiger partial charge < -0.3 is 10.2 Å². The lowest BCUT2D eigenvalue weighted by Crippen LogP contribution is -2.32. The van der Waals surface area contributed by atoms with Crippen molar-refractivity contribution in [2.75, 3.05) is 20.1 Å². The van der Waals surface area contributed by atoms with Crippen LogP contribution >= 0.6 is 11.3 Å². The van der Waals surface area contributed by atoms with Crippen molar-refractivity contribution < 1.29 is 14.0 Å². The maximum atomic E-state index is 13.3. The second kappa shape index (κ2) is 9.97. The summed E-state index contributed by atoms with van der Waals surface area (Å²) in [5.41, 5.74) is 2.98. The van der Waals surface area contributed by atoms with Gasteiger partial charge in [-0.25, -0.2) is 4.39 Å². The van der Waals surface area contributed by atoms with Gasteiger partial charge in [0.15, 0.2) is 0 Å². The van der Waals surface area contributed by atoms with Crippen LogP contribution in [0.2, 0.25) is 0 Å². The van der Waals surface area contributed by atoms with Crippen LogP contribution in [0.5, 0.6) is 0 Å². The first kappa shape index (κ1) is 20.7. The third kappa shape index (κ3) is 5.99. The van der Waals surface area contributed by atoms with E-state index in [0.29, 0.717) is 24.3 Å². The van der Waals surface area contributed by atoms with Crippen LogP contribution in [-0.4, -0.2) is 47.0 Å². The number of aromatic nitrogens is 2. The third-order valence-electron chi connectivity index (χ3n) is 4.52. The predicted molar refractivity (Wildman–Crippen MR) is 111 cm³/mol. The van der Waals surface area contributed by atoms with Crippen molar-refractivity contribution in [3.8, 4) is 11.3 Å². The zero-order valence-corrected chi connectivity index (χ0v) is 17.0. The Balaban J connectivity index is 1.37. The molecule has 8 heteroatoms. The molecule has 0 aliphatic rings. The van der Waals surface area contributed by atoms with Crippen LogP contribution in [-0.2, 0) is 11.2 Å². The number of nitrogens with zero attached hydrogens (tertiary/aromatic N) is 2. The molecule has 0 saturated carbocycles. The molecule has 3 rings (SSSR count). The number of H-pyrrole nitrogens is 1. The SMILES string of the molecule is CN(CCCc1cc(-c2cccc(F)c2)n[nH]1)C(=O)CCNC(=O)c1ccsc1. The van der Waals surface area contributed by atoms with Gasteiger partial charge in [0.05, 0.1) is 5.69 Å². The van der Waals surface area contributed by atoms with Crippen LogP contribution < -0.4 is 5.32 Å². The molecule has 0 unspecified atom stereocenters. The molecule has 0 aliphatic heterocycles. The Hall–Kier alpha value is -3.00. The number of benzene rings is 1. The molecule has 152 valence electrons. The average molecular weight is 415 g/mol. The van der Waals surface area contributed by atoms with Crippen molar-refractivity contribution in [2.45, 2.75) is 19.3 Å². The quantitative estimate of drug-likeness (QED) is 0.563. The van der Waals surface area contributed by atoms with Gasteiger partial charge in [0, 0.05) is 48.8 Å². The molecule has 0 saturated heterocycles. The monoisotopic (exact) mass is 414 g/mol. The van der Waals surface area contributed by atoms with Crippen LogP contribution in [0.25, 0.3) is 11.3 Å². The van der Waals surface area contributed by atoms with E-state index in [1.165, 1.54) is 23.5 Å². The number of aryl methyl sites for hydroxylation is 1. The molecule has 2 amide bonds. The van der Waals surface area contributed by atoms with E-state index in [2.05, 4.69) is 15.5 Å². The van der Waals surface area contributed by atoms with Crippen molar-refractivity contribution >= 4 is 23.2 Å². The fourth-order valence-corrected chi connectivity index (χ4v) is 3.52. The summed E-state index contributed by atoms with van der Waals surface area (Å²) in [7, 11) is 1.76. The van der Waals surface area contributed by atoms with Crippen LogP contribution in [0.15, 0.2) is 47.2 Å². The number of hydrogen-bond acceptors (Lipinski definition) is 4. The Bertz CT molecular complexity index is 955. The Morgan fingerprint density at radius 1 is 1.28 bits per heavy atom. The van der Waals surface area contributed by atoms with E-state index >= 15 is 0 Å². The highest BCUT2D eigenvalue weighted by Gasteiger charge is 2.11. The van der Waals surface area contributed by atoms with E-state index in [4.69, 9.17) is 0 Å². The normalized spacial score (nSPS) is 10.7. The first-order chi connectivity index (χ1) is 14.0. The summed E-state index contributed by atoms with van der Waals surface area (Å²) < 4.78 is 13.3. The zero-order valence-electron chi connectivity index (χ0n) is 16.2. The molecular formula is C21H23FN4O2S. The maximum Gasteiger partial charge on any atom is 0.252 e. The molecule has 0 atom stereocenters. The molecule has 29 heavy (non-hydrogen) atoms. The molecular weight excluding hydrogens is 391 g/mol. The smallest absolute Gasteiger partial charge is 0.252 e. The lowest BCUT2D eigenvalue weighted by atomic mass is 10.1. The molecule has 0 fully saturated rings. The molecule has 6 nitrogen and oxygen atoms in total. The van der Waals surface area contributed by atoms with Crippen molar-refractivity contribution in [3.05, 3.63) is 64.2 Å². The van der Waals surface area contributed by atoms with Gasteiger partial charge in [-0.2, -0.15) is 16.4 Å². The molecule has 3 aromatic rings. The highest BCUT2D eigenvalue weighted by molar-refractivity contribution is 7.08. The summed E-state index contributed by atoms with van der Waals surface area (Å²) in [6.07, 6.45) is 1.77. The van der Waals surface area contributed by atoms with Gasteiger partial charge in [-0.3, -0.25) is 14.7 Å². The number of aromatic amines is 1. The number of rotatable bonds is 9. The van der Waals surface area contributed by atoms with Gasteiger partial charge in [-0.05, 0) is 42.5 Å². The molecule has 0 spiro atoms. The van der Waals surface area contributed by atoms with Gasteiger partial charge in [0.1, 0.15) is 5.82 Å². The lowest BCUT2D eigenvalue weighted by Gasteiger charge is -2.17. The number of thiophene rings is 1. The Morgan fingerprint density at radius 2 is 2.14 bits per heavy atom. The minimum absolute atomic E-state index is 0.0133. The van der Waals surface area contributed by atoms with Crippen LogP contribution in [0.1, 0.15) is 28.9 Å². The number of nitrogens with one attached hydrogen (secondary N) is 2. The van der Waals surface area contributed by atoms with E-state index < -0.39 is 0 Å². The number of halogens is 1. The first-order valence-electron chi connectivity index (χ1n) is 9.37. The number of carbonyl (C=O) groups excluding carboxylic acids is 2. The summed E-state index contributed by atoms with van der Waals surface area (Å²) in [5.74, 6) is -0.463. The third-order valence-corrected chi connectivity index (χ3v) is 5.21. The molecule has 0 aliphatic carbocycles. The van der Waals surface area contributed by atoms with Crippen molar-refractivity contribution in [3.63, 3.8) is 0 Å². The van der Waals surface area contributed by atoms with Crippen LogP contribution in [0, 0.1) is 5.82 Å². The summed E-state index contributed by atoms with van der Waals surface area (Å²) in [6, 6.07) is 9.97. The second-order valence-corrected chi connectivity index (χ2v) is 7.51. The number of amides is 2. The fourth-order valence-electron chi connectivity index (χ4n) is 2.89. The Kier molecular flexibility index (Phi) is 7.13. The number of carbonyl (C=O) groups is 2. The second-order valence-electron chi connectivity index (χ2n) is 6.73. The summed E-state index contributed by atoms with van der Waals surface area (Å²) in [4.78, 5) is 25.7. The van der Waals surface area contributed by atoms with Crippen molar-refractivity contribution in [1.82, 2.24) is 20.4 Å². The summed E-state index contributed by atoms with van der Waals surface area (Å²) in [6.45, 7) is 0.918. The predicted octanol–water partition coefficient (Wildman–Crippen LogP) is 3.49. The van der Waals surface area contributed by atoms with E-state index in [0.717, 1.165) is 24.1 Å². The van der Waals surface area contributed by atoms with Crippen molar-refractivity contribution in [2.24, 2.45) is 0 Å². The minimum atomic E-state index is -0.293. The van der Waals surface area contributed by atoms with Crippen molar-refractivity contribution in [1.29, 1.82) is 0 Å². The van der Waals surface area contributed by atoms with Gasteiger partial charge >= 0.3 is 0 Å². The first-order valence-corrected chi connectivity index (χ1v) is 10.3. The van der Waals surface area contributed by atoms with Gasteiger partial charge in [-0.1, -0.05) is 12.1 Å². The molecule has 2 aromatic heterocycles. The van der Waals surface area contributed by atoms with Gasteiger partial charge in [0.25, 0.3) is 5.91 Å². The van der Waals surface area contributed by atoms with Crippen LogP contribution in [0.3, 0.4) is 0 Å².